The van der Waals surface area contributed by atoms with Crippen LogP contribution in [-0.2, 0) is 18.5 Å². The Bertz CT molecular complexity index is 1780. The molecule has 3 fully saturated rings. The standard InChI is InChI=1S/C29H33FN6O3.C8H12N2/c1-18(2)34-28(37)21-10-19(30)4-5-24(21)39-26-13-31-17-33-27(26)36-15-29(16-36)11-20(12-29)38-25-6-8-32-23-7-9-35(3)14-22(23)25;1-8(3-2-4-8)10-6-5-9-7-10/h4-6,8,10,13,17-18,20H,7,9,11-12,14-16H2,1-3H3,(H,34,37);5-7H,2-4H2,1H3. The molecule has 11 nitrogen and oxygen atoms in total. The van der Waals surface area contributed by atoms with Gasteiger partial charge in [0.25, 0.3) is 5.91 Å². The molecular formula is C37H45FN8O3. The SMILES string of the molecule is CC(C)NC(=O)c1cc(F)ccc1Oc1cncnc1N1CC2(CC(Oc3ccnc4c3CN(C)CC4)C2)C1.CC1(n2ccnc2)CCC1. The summed E-state index contributed by atoms with van der Waals surface area (Å²) in [5.74, 6) is 1.40. The topological polar surface area (TPSA) is 111 Å². The molecule has 8 rings (SSSR count). The highest BCUT2D eigenvalue weighted by Crippen LogP contribution is 2.52. The maximum Gasteiger partial charge on any atom is 0.255 e. The molecule has 2 aliphatic heterocycles. The van der Waals surface area contributed by atoms with E-state index in [1.54, 1.807) is 6.20 Å². The highest BCUT2D eigenvalue weighted by atomic mass is 19.1. The molecular weight excluding hydrogens is 623 g/mol. The number of nitrogens with zero attached hydrogens (tertiary/aromatic N) is 7. The van der Waals surface area contributed by atoms with Gasteiger partial charge in [0.05, 0.1) is 18.1 Å². The number of nitrogens with one attached hydrogen (secondary N) is 1. The van der Waals surface area contributed by atoms with Crippen molar-refractivity contribution in [3.63, 3.8) is 0 Å². The summed E-state index contributed by atoms with van der Waals surface area (Å²) in [5.41, 5.74) is 3.08. The number of anilines is 1. The number of hydrogen-bond acceptors (Lipinski definition) is 9. The number of imidazole rings is 1. The number of benzene rings is 1. The van der Waals surface area contributed by atoms with Gasteiger partial charge in [-0.25, -0.2) is 19.3 Å². The van der Waals surface area contributed by atoms with Crippen LogP contribution in [0.25, 0.3) is 0 Å². The predicted octanol–water partition coefficient (Wildman–Crippen LogP) is 5.76. The molecule has 4 aromatic rings. The normalized spacial score (nSPS) is 19.1. The summed E-state index contributed by atoms with van der Waals surface area (Å²) in [5, 5.41) is 2.79. The van der Waals surface area contributed by atoms with Crippen molar-refractivity contribution < 1.29 is 18.7 Å². The Balaban J connectivity index is 0.000000322. The molecule has 3 aromatic heterocycles. The van der Waals surface area contributed by atoms with Crippen LogP contribution in [0.5, 0.6) is 17.2 Å². The van der Waals surface area contributed by atoms with Crippen molar-refractivity contribution in [2.75, 3.05) is 31.6 Å². The van der Waals surface area contributed by atoms with Crippen molar-refractivity contribution in [1.29, 1.82) is 0 Å². The van der Waals surface area contributed by atoms with Gasteiger partial charge >= 0.3 is 0 Å². The summed E-state index contributed by atoms with van der Waals surface area (Å²) in [7, 11) is 2.13. The van der Waals surface area contributed by atoms with Crippen molar-refractivity contribution in [2.24, 2.45) is 5.41 Å². The van der Waals surface area contributed by atoms with E-state index >= 15 is 0 Å². The summed E-state index contributed by atoms with van der Waals surface area (Å²) in [6.45, 7) is 9.55. The molecule has 4 aliphatic rings. The van der Waals surface area contributed by atoms with Gasteiger partial charge in [0.2, 0.25) is 0 Å². The Morgan fingerprint density at radius 1 is 1.06 bits per heavy atom. The summed E-state index contributed by atoms with van der Waals surface area (Å²) >= 11 is 0. The second-order valence-corrected chi connectivity index (χ2v) is 14.6. The fourth-order valence-electron chi connectivity index (χ4n) is 7.37. The van der Waals surface area contributed by atoms with E-state index in [0.29, 0.717) is 17.1 Å². The summed E-state index contributed by atoms with van der Waals surface area (Å²) in [4.78, 5) is 34.3. The molecule has 49 heavy (non-hydrogen) atoms. The van der Waals surface area contributed by atoms with Crippen LogP contribution in [0.2, 0.25) is 0 Å². The average Bonchev–Trinajstić information content (AvgIpc) is 3.57. The third kappa shape index (κ3) is 6.96. The maximum absolute atomic E-state index is 14.0. The van der Waals surface area contributed by atoms with E-state index in [9.17, 15) is 9.18 Å². The van der Waals surface area contributed by atoms with E-state index in [2.05, 4.69) is 59.8 Å². The lowest BCUT2D eigenvalue weighted by Gasteiger charge is -2.59. The number of halogens is 1. The van der Waals surface area contributed by atoms with E-state index in [1.165, 1.54) is 49.4 Å². The van der Waals surface area contributed by atoms with Gasteiger partial charge < -0.3 is 29.2 Å². The second-order valence-electron chi connectivity index (χ2n) is 14.6. The monoisotopic (exact) mass is 668 g/mol. The third-order valence-electron chi connectivity index (χ3n) is 10.3. The molecule has 0 radical (unpaired) electrons. The van der Waals surface area contributed by atoms with Crippen LogP contribution in [0.3, 0.4) is 0 Å². The molecule has 1 amide bonds. The summed E-state index contributed by atoms with van der Waals surface area (Å²) in [6, 6.07) is 5.81. The smallest absolute Gasteiger partial charge is 0.255 e. The molecule has 0 bridgehead atoms. The van der Waals surface area contributed by atoms with Crippen LogP contribution in [0, 0.1) is 11.2 Å². The molecule has 1 N–H and O–H groups in total. The fraction of sp³-hybridized carbons (Fsp3) is 0.486. The van der Waals surface area contributed by atoms with E-state index in [-0.39, 0.29) is 28.9 Å². The molecule has 0 atom stereocenters. The zero-order valence-corrected chi connectivity index (χ0v) is 28.7. The number of carbonyl (C=O) groups is 1. The highest BCUT2D eigenvalue weighted by molar-refractivity contribution is 5.97. The van der Waals surface area contributed by atoms with Crippen LogP contribution >= 0.6 is 0 Å². The molecule has 258 valence electrons. The van der Waals surface area contributed by atoms with Crippen molar-refractivity contribution in [1.82, 2.24) is 34.7 Å². The molecule has 12 heteroatoms. The Morgan fingerprint density at radius 3 is 2.59 bits per heavy atom. The number of hydrogen-bond donors (Lipinski definition) is 1. The van der Waals surface area contributed by atoms with Gasteiger partial charge in [-0.15, -0.1) is 0 Å². The Labute approximate surface area is 286 Å². The van der Waals surface area contributed by atoms with Crippen LogP contribution < -0.4 is 19.7 Å². The zero-order chi connectivity index (χ0) is 34.2. The molecule has 0 unspecified atom stereocenters. The minimum absolute atomic E-state index is 0.0953. The van der Waals surface area contributed by atoms with Gasteiger partial charge in [0.15, 0.2) is 11.6 Å². The highest BCUT2D eigenvalue weighted by Gasteiger charge is 2.54. The summed E-state index contributed by atoms with van der Waals surface area (Å²) in [6.07, 6.45) is 17.8. The van der Waals surface area contributed by atoms with Gasteiger partial charge in [-0.05, 0) is 84.2 Å². The van der Waals surface area contributed by atoms with E-state index in [0.717, 1.165) is 56.9 Å². The van der Waals surface area contributed by atoms with Crippen LogP contribution in [0.1, 0.15) is 74.5 Å². The van der Waals surface area contributed by atoms with Crippen molar-refractivity contribution in [2.45, 2.75) is 83.5 Å². The Hall–Kier alpha value is -4.58. The maximum atomic E-state index is 14.0. The largest absolute Gasteiger partial charge is 0.490 e. The Morgan fingerprint density at radius 2 is 1.88 bits per heavy atom. The lowest BCUT2D eigenvalue weighted by atomic mass is 9.61. The first-order valence-corrected chi connectivity index (χ1v) is 17.2. The number of ether oxygens (including phenoxy) is 2. The van der Waals surface area contributed by atoms with Crippen molar-refractivity contribution >= 4 is 11.7 Å². The molecule has 5 heterocycles. The number of likely N-dealkylation sites (N-methyl/N-ethyl adjacent to an activating group) is 1. The number of fused-ring (bicyclic) bond motifs is 1. The summed E-state index contributed by atoms with van der Waals surface area (Å²) < 4.78 is 28.7. The van der Waals surface area contributed by atoms with Gasteiger partial charge in [0.1, 0.15) is 29.7 Å². The number of aromatic nitrogens is 5. The first kappa shape index (κ1) is 32.9. The van der Waals surface area contributed by atoms with Gasteiger partial charge in [-0.2, -0.15) is 0 Å². The zero-order valence-electron chi connectivity index (χ0n) is 28.7. The number of rotatable bonds is 8. The minimum atomic E-state index is -0.508. The quantitative estimate of drug-likeness (QED) is 0.251. The molecule has 1 aromatic carbocycles. The van der Waals surface area contributed by atoms with Crippen LogP contribution in [0.4, 0.5) is 10.2 Å². The van der Waals surface area contributed by atoms with Crippen LogP contribution in [0.15, 0.2) is 61.7 Å². The average molecular weight is 669 g/mol. The predicted molar refractivity (Wildman–Crippen MR) is 183 cm³/mol. The lowest BCUT2D eigenvalue weighted by Crippen LogP contribution is -2.65. The first-order chi connectivity index (χ1) is 23.6. The van der Waals surface area contributed by atoms with E-state index < -0.39 is 11.7 Å². The molecule has 1 spiro atoms. The molecule has 1 saturated heterocycles. The van der Waals surface area contributed by atoms with E-state index in [4.69, 9.17) is 9.47 Å². The third-order valence-corrected chi connectivity index (χ3v) is 10.3. The lowest BCUT2D eigenvalue weighted by molar-refractivity contribution is -0.0352. The fourth-order valence-corrected chi connectivity index (χ4v) is 7.37. The second kappa shape index (κ2) is 13.4. The van der Waals surface area contributed by atoms with Crippen molar-refractivity contribution in [3.8, 4) is 17.2 Å². The van der Waals surface area contributed by atoms with Gasteiger partial charge in [-0.3, -0.25) is 9.78 Å². The van der Waals surface area contributed by atoms with E-state index in [1.807, 2.05) is 38.6 Å². The minimum Gasteiger partial charge on any atom is -0.490 e. The number of amides is 1. The number of carbonyl (C=O) groups excluding carboxylic acids is 1. The Kier molecular flexibility index (Phi) is 8.99. The van der Waals surface area contributed by atoms with Crippen molar-refractivity contribution in [3.05, 3.63) is 84.3 Å². The van der Waals surface area contributed by atoms with Gasteiger partial charge in [0, 0.05) is 79.4 Å². The molecule has 2 aliphatic carbocycles. The molecule has 2 saturated carbocycles. The first-order valence-electron chi connectivity index (χ1n) is 17.2. The number of pyridine rings is 1. The van der Waals surface area contributed by atoms with Crippen LogP contribution in [-0.4, -0.2) is 74.1 Å². The van der Waals surface area contributed by atoms with Gasteiger partial charge in [-0.1, -0.05) is 0 Å².